The third-order valence-electron chi connectivity index (χ3n) is 6.39. The van der Waals surface area contributed by atoms with Crippen LogP contribution in [0.25, 0.3) is 0 Å². The van der Waals surface area contributed by atoms with Crippen molar-refractivity contribution in [2.45, 2.75) is 38.5 Å². The first-order valence-electron chi connectivity index (χ1n) is 8.70. The zero-order valence-electron chi connectivity index (χ0n) is 14.1. The maximum Gasteiger partial charge on any atom is 0.294 e. The summed E-state index contributed by atoms with van der Waals surface area (Å²) in [6, 6.07) is 3.23. The number of hydrogen-bond acceptors (Lipinski definition) is 4. The topological polar surface area (TPSA) is 80.3 Å². The summed E-state index contributed by atoms with van der Waals surface area (Å²) in [5.41, 5.74) is -0.129. The Hall–Kier alpha value is -1.72. The van der Waals surface area contributed by atoms with Gasteiger partial charge in [0.2, 0.25) is 11.7 Å². The molecule has 7 heteroatoms. The lowest BCUT2D eigenvalue weighted by Gasteiger charge is -2.37. The van der Waals surface area contributed by atoms with Crippen molar-refractivity contribution in [1.29, 1.82) is 0 Å². The highest BCUT2D eigenvalue weighted by Crippen LogP contribution is 2.60. The van der Waals surface area contributed by atoms with Gasteiger partial charge in [-0.15, -0.1) is 0 Å². The van der Waals surface area contributed by atoms with E-state index in [2.05, 4.69) is 5.32 Å². The van der Waals surface area contributed by atoms with Crippen molar-refractivity contribution in [2.75, 3.05) is 0 Å². The standard InChI is InChI=1S/C19H17Cl2NO4/c1-19(8-4-2-3-5-8)13(12-15(23)18(26)22-17(12)25)9-6-7-10(20)14(21)11(9)16(19)24/h6-8,12-13H,2-5H2,1H3,(H,22,25,26). The molecule has 1 saturated heterocycles. The summed E-state index contributed by atoms with van der Waals surface area (Å²) in [4.78, 5) is 50.2. The second-order valence-electron chi connectivity index (χ2n) is 7.56. The molecule has 0 aromatic heterocycles. The van der Waals surface area contributed by atoms with Crippen LogP contribution in [0.2, 0.25) is 10.0 Å². The predicted octanol–water partition coefficient (Wildman–Crippen LogP) is 3.31. The molecule has 136 valence electrons. The summed E-state index contributed by atoms with van der Waals surface area (Å²) in [6.45, 7) is 1.81. The molecule has 1 aromatic rings. The van der Waals surface area contributed by atoms with Crippen molar-refractivity contribution in [3.05, 3.63) is 33.3 Å². The Morgan fingerprint density at radius 2 is 1.73 bits per heavy atom. The Balaban J connectivity index is 1.95. The van der Waals surface area contributed by atoms with Crippen LogP contribution >= 0.6 is 23.2 Å². The number of halogens is 2. The van der Waals surface area contributed by atoms with Crippen LogP contribution in [-0.2, 0) is 14.4 Å². The van der Waals surface area contributed by atoms with Gasteiger partial charge >= 0.3 is 0 Å². The van der Waals surface area contributed by atoms with Crippen LogP contribution in [0, 0.1) is 17.3 Å². The monoisotopic (exact) mass is 393 g/mol. The molecule has 0 spiro atoms. The Bertz CT molecular complexity index is 875. The fraction of sp³-hybridized carbons (Fsp3) is 0.474. The van der Waals surface area contributed by atoms with Gasteiger partial charge in [-0.3, -0.25) is 24.5 Å². The van der Waals surface area contributed by atoms with E-state index in [0.29, 0.717) is 11.1 Å². The second kappa shape index (κ2) is 5.89. The lowest BCUT2D eigenvalue weighted by Crippen LogP contribution is -2.42. The molecule has 1 N–H and O–H groups in total. The first kappa shape index (κ1) is 17.7. The van der Waals surface area contributed by atoms with Crippen molar-refractivity contribution in [2.24, 2.45) is 17.3 Å². The molecule has 1 aliphatic heterocycles. The molecular formula is C19H17Cl2NO4. The Labute approximate surface area is 160 Å². The van der Waals surface area contributed by atoms with Gasteiger partial charge in [-0.05, 0) is 30.4 Å². The van der Waals surface area contributed by atoms with Crippen LogP contribution in [0.15, 0.2) is 12.1 Å². The van der Waals surface area contributed by atoms with E-state index in [9.17, 15) is 19.2 Å². The van der Waals surface area contributed by atoms with Crippen LogP contribution < -0.4 is 5.32 Å². The van der Waals surface area contributed by atoms with Gasteiger partial charge < -0.3 is 0 Å². The van der Waals surface area contributed by atoms with E-state index in [1.165, 1.54) is 0 Å². The highest BCUT2D eigenvalue weighted by atomic mass is 35.5. The number of ketones is 2. The molecule has 1 heterocycles. The predicted molar refractivity (Wildman–Crippen MR) is 95.2 cm³/mol. The quantitative estimate of drug-likeness (QED) is 0.474. The minimum absolute atomic E-state index is 0.0264. The molecule has 5 nitrogen and oxygen atoms in total. The number of benzene rings is 1. The lowest BCUT2D eigenvalue weighted by molar-refractivity contribution is -0.137. The Morgan fingerprint density at radius 3 is 2.31 bits per heavy atom. The number of amides is 2. The van der Waals surface area contributed by atoms with Crippen LogP contribution in [-0.4, -0.2) is 23.4 Å². The van der Waals surface area contributed by atoms with E-state index in [4.69, 9.17) is 23.2 Å². The number of imide groups is 1. The van der Waals surface area contributed by atoms with E-state index in [-0.39, 0.29) is 21.7 Å². The van der Waals surface area contributed by atoms with Crippen molar-refractivity contribution in [3.63, 3.8) is 0 Å². The number of carbonyl (C=O) groups excluding carboxylic acids is 4. The second-order valence-corrected chi connectivity index (χ2v) is 8.34. The summed E-state index contributed by atoms with van der Waals surface area (Å²) < 4.78 is 0. The van der Waals surface area contributed by atoms with Gasteiger partial charge in [0.15, 0.2) is 5.78 Å². The number of fused-ring (bicyclic) bond motifs is 1. The minimum Gasteiger partial charge on any atom is -0.293 e. The summed E-state index contributed by atoms with van der Waals surface area (Å²) in [5, 5.41) is 2.50. The fourth-order valence-corrected chi connectivity index (χ4v) is 5.51. The SMILES string of the molecule is CC1(C2CCCC2)C(=O)c2c(ccc(Cl)c2Cl)C1C1C(=O)NC(=O)C1=O. The summed E-state index contributed by atoms with van der Waals surface area (Å²) in [7, 11) is 0. The third-order valence-corrected chi connectivity index (χ3v) is 7.19. The highest BCUT2D eigenvalue weighted by molar-refractivity contribution is 6.49. The highest BCUT2D eigenvalue weighted by Gasteiger charge is 2.62. The lowest BCUT2D eigenvalue weighted by atomic mass is 9.62. The zero-order valence-corrected chi connectivity index (χ0v) is 15.6. The molecule has 0 bridgehead atoms. The molecule has 26 heavy (non-hydrogen) atoms. The molecule has 2 fully saturated rings. The maximum atomic E-state index is 13.5. The van der Waals surface area contributed by atoms with Gasteiger partial charge in [0.05, 0.1) is 10.0 Å². The summed E-state index contributed by atoms with van der Waals surface area (Å²) in [6.07, 6.45) is 3.67. The molecule has 2 aliphatic carbocycles. The number of rotatable bonds is 2. The molecule has 1 saturated carbocycles. The third kappa shape index (κ3) is 2.16. The van der Waals surface area contributed by atoms with Gasteiger partial charge in [-0.1, -0.05) is 49.0 Å². The van der Waals surface area contributed by atoms with Crippen molar-refractivity contribution in [3.8, 4) is 0 Å². The van der Waals surface area contributed by atoms with Crippen LogP contribution in [0.3, 0.4) is 0 Å². The van der Waals surface area contributed by atoms with Gasteiger partial charge in [0.1, 0.15) is 5.92 Å². The largest absolute Gasteiger partial charge is 0.294 e. The van der Waals surface area contributed by atoms with Crippen molar-refractivity contribution < 1.29 is 19.2 Å². The average Bonchev–Trinajstić information content (AvgIpc) is 3.26. The number of carbonyl (C=O) groups is 4. The van der Waals surface area contributed by atoms with Crippen molar-refractivity contribution >= 4 is 46.6 Å². The van der Waals surface area contributed by atoms with Gasteiger partial charge in [0.25, 0.3) is 5.91 Å². The van der Waals surface area contributed by atoms with E-state index < -0.39 is 34.8 Å². The van der Waals surface area contributed by atoms with E-state index >= 15 is 0 Å². The van der Waals surface area contributed by atoms with E-state index in [0.717, 1.165) is 25.7 Å². The normalized spacial score (nSPS) is 31.7. The van der Waals surface area contributed by atoms with Crippen LogP contribution in [0.5, 0.6) is 0 Å². The van der Waals surface area contributed by atoms with Crippen LogP contribution in [0.1, 0.15) is 54.4 Å². The zero-order chi connectivity index (χ0) is 18.8. The van der Waals surface area contributed by atoms with Gasteiger partial charge in [0, 0.05) is 16.9 Å². The Morgan fingerprint density at radius 1 is 1.08 bits per heavy atom. The molecule has 0 radical (unpaired) electrons. The molecular weight excluding hydrogens is 377 g/mol. The number of hydrogen-bond donors (Lipinski definition) is 1. The fourth-order valence-electron chi connectivity index (χ4n) is 5.09. The molecule has 4 rings (SSSR count). The molecule has 3 unspecified atom stereocenters. The first-order valence-corrected chi connectivity index (χ1v) is 9.45. The Kier molecular flexibility index (Phi) is 4.01. The molecule has 1 aromatic carbocycles. The summed E-state index contributed by atoms with van der Waals surface area (Å²) >= 11 is 12.4. The van der Waals surface area contributed by atoms with E-state index in [1.54, 1.807) is 12.1 Å². The molecule has 3 atom stereocenters. The van der Waals surface area contributed by atoms with Gasteiger partial charge in [-0.2, -0.15) is 0 Å². The molecule has 2 amide bonds. The number of nitrogens with one attached hydrogen (secondary N) is 1. The smallest absolute Gasteiger partial charge is 0.293 e. The summed E-state index contributed by atoms with van der Waals surface area (Å²) in [5.74, 6) is -4.39. The van der Waals surface area contributed by atoms with E-state index in [1.807, 2.05) is 6.92 Å². The van der Waals surface area contributed by atoms with Crippen LogP contribution in [0.4, 0.5) is 0 Å². The first-order chi connectivity index (χ1) is 12.3. The maximum absolute atomic E-state index is 13.5. The number of Topliss-reactive ketones (excluding diaryl/α,β-unsaturated/α-hetero) is 2. The average molecular weight is 394 g/mol. The molecule has 3 aliphatic rings. The van der Waals surface area contributed by atoms with Gasteiger partial charge in [-0.25, -0.2) is 0 Å². The van der Waals surface area contributed by atoms with Crippen molar-refractivity contribution in [1.82, 2.24) is 5.32 Å². The minimum atomic E-state index is -1.20.